The fraction of sp³-hybridized carbons (Fsp3) is 0.0526. The summed E-state index contributed by atoms with van der Waals surface area (Å²) >= 11 is 6.96. The molecule has 0 saturated heterocycles. The standard InChI is InChI=1S/C19H14Br2N2O3/c20-14-6-7-15-12(9-14)5-8-17(19(15)21)26-11-18(25)23-22-10-13-3-1-2-4-16(13)24/h1-10,24H,11H2,(H,23,25). The Morgan fingerprint density at radius 3 is 2.77 bits per heavy atom. The SMILES string of the molecule is O=C(COc1ccc2cc(Br)ccc2c1Br)NN=Cc1ccccc1O. The van der Waals surface area contributed by atoms with Crippen LogP contribution in [-0.4, -0.2) is 23.8 Å². The largest absolute Gasteiger partial charge is 0.507 e. The van der Waals surface area contributed by atoms with Crippen LogP contribution in [0.2, 0.25) is 0 Å². The molecule has 1 amide bonds. The normalized spacial score (nSPS) is 11.0. The predicted octanol–water partition coefficient (Wildman–Crippen LogP) is 4.60. The highest BCUT2D eigenvalue weighted by Crippen LogP contribution is 2.34. The van der Waals surface area contributed by atoms with Crippen LogP contribution in [0.15, 0.2) is 68.6 Å². The zero-order chi connectivity index (χ0) is 18.5. The van der Waals surface area contributed by atoms with E-state index < -0.39 is 5.91 Å². The fourth-order valence-corrected chi connectivity index (χ4v) is 3.29. The molecule has 0 atom stereocenters. The number of hydrogen-bond donors (Lipinski definition) is 2. The second-order valence-electron chi connectivity index (χ2n) is 5.38. The summed E-state index contributed by atoms with van der Waals surface area (Å²) in [5, 5.41) is 15.5. The van der Waals surface area contributed by atoms with Crippen molar-refractivity contribution in [1.29, 1.82) is 0 Å². The lowest BCUT2D eigenvalue weighted by molar-refractivity contribution is -0.123. The third kappa shape index (κ3) is 4.42. The molecule has 0 aliphatic carbocycles. The van der Waals surface area contributed by atoms with Crippen molar-refractivity contribution in [2.45, 2.75) is 0 Å². The number of hydrazone groups is 1. The van der Waals surface area contributed by atoms with Gasteiger partial charge >= 0.3 is 0 Å². The molecule has 0 aliphatic rings. The number of rotatable bonds is 5. The minimum absolute atomic E-state index is 0.0912. The number of carbonyl (C=O) groups is 1. The number of halogens is 2. The van der Waals surface area contributed by atoms with E-state index >= 15 is 0 Å². The maximum absolute atomic E-state index is 11.9. The number of phenols is 1. The number of aromatic hydroxyl groups is 1. The Hall–Kier alpha value is -2.38. The van der Waals surface area contributed by atoms with Gasteiger partial charge in [0.1, 0.15) is 11.5 Å². The monoisotopic (exact) mass is 476 g/mol. The van der Waals surface area contributed by atoms with Gasteiger partial charge in [0.25, 0.3) is 5.91 Å². The second kappa shape index (κ2) is 8.33. The van der Waals surface area contributed by atoms with Crippen molar-refractivity contribution in [3.05, 3.63) is 69.1 Å². The molecule has 132 valence electrons. The van der Waals surface area contributed by atoms with E-state index in [1.807, 2.05) is 24.3 Å². The maximum atomic E-state index is 11.9. The molecule has 0 fully saturated rings. The van der Waals surface area contributed by atoms with Gasteiger partial charge in [-0.1, -0.05) is 40.2 Å². The highest BCUT2D eigenvalue weighted by atomic mass is 79.9. The smallest absolute Gasteiger partial charge is 0.277 e. The molecule has 0 aliphatic heterocycles. The van der Waals surface area contributed by atoms with Crippen LogP contribution in [0.4, 0.5) is 0 Å². The Morgan fingerprint density at radius 2 is 1.96 bits per heavy atom. The summed E-state index contributed by atoms with van der Waals surface area (Å²) in [7, 11) is 0. The highest BCUT2D eigenvalue weighted by molar-refractivity contribution is 9.11. The Morgan fingerprint density at radius 1 is 1.15 bits per heavy atom. The minimum Gasteiger partial charge on any atom is -0.507 e. The summed E-state index contributed by atoms with van der Waals surface area (Å²) in [5.74, 6) is 0.257. The predicted molar refractivity (Wildman–Crippen MR) is 109 cm³/mol. The first-order valence-electron chi connectivity index (χ1n) is 7.65. The van der Waals surface area contributed by atoms with Crippen molar-refractivity contribution in [2.75, 3.05) is 6.61 Å². The zero-order valence-electron chi connectivity index (χ0n) is 13.4. The zero-order valence-corrected chi connectivity index (χ0v) is 16.6. The number of para-hydroxylation sites is 1. The van der Waals surface area contributed by atoms with E-state index in [2.05, 4.69) is 42.4 Å². The topological polar surface area (TPSA) is 70.9 Å². The van der Waals surface area contributed by atoms with E-state index in [9.17, 15) is 9.90 Å². The summed E-state index contributed by atoms with van der Waals surface area (Å²) in [6.45, 7) is -0.182. The number of fused-ring (bicyclic) bond motifs is 1. The second-order valence-corrected chi connectivity index (χ2v) is 7.09. The van der Waals surface area contributed by atoms with E-state index in [1.165, 1.54) is 6.21 Å². The van der Waals surface area contributed by atoms with Crippen molar-refractivity contribution in [3.8, 4) is 11.5 Å². The number of nitrogens with zero attached hydrogens (tertiary/aromatic N) is 1. The molecule has 0 unspecified atom stereocenters. The molecule has 7 heteroatoms. The van der Waals surface area contributed by atoms with Crippen LogP contribution in [0.3, 0.4) is 0 Å². The molecule has 0 bridgehead atoms. The lowest BCUT2D eigenvalue weighted by Crippen LogP contribution is -2.24. The minimum atomic E-state index is -0.403. The van der Waals surface area contributed by atoms with Crippen LogP contribution in [0, 0.1) is 0 Å². The number of amides is 1. The van der Waals surface area contributed by atoms with E-state index in [4.69, 9.17) is 4.74 Å². The van der Waals surface area contributed by atoms with Gasteiger partial charge in [0.2, 0.25) is 0 Å². The molecule has 0 saturated carbocycles. The third-order valence-corrected chi connectivity index (χ3v) is 4.88. The molecule has 3 rings (SSSR count). The Kier molecular flexibility index (Phi) is 5.90. The van der Waals surface area contributed by atoms with Gasteiger partial charge in [0.05, 0.1) is 10.7 Å². The van der Waals surface area contributed by atoms with Gasteiger partial charge in [0, 0.05) is 10.0 Å². The Bertz CT molecular complexity index is 990. The quantitative estimate of drug-likeness (QED) is 0.416. The van der Waals surface area contributed by atoms with Gasteiger partial charge in [-0.2, -0.15) is 5.10 Å². The molecule has 26 heavy (non-hydrogen) atoms. The van der Waals surface area contributed by atoms with Crippen LogP contribution in [0.1, 0.15) is 5.56 Å². The van der Waals surface area contributed by atoms with Gasteiger partial charge in [-0.05, 0) is 57.0 Å². The van der Waals surface area contributed by atoms with E-state index in [1.54, 1.807) is 30.3 Å². The van der Waals surface area contributed by atoms with Gasteiger partial charge in [-0.25, -0.2) is 5.43 Å². The number of carbonyl (C=O) groups excluding carboxylic acids is 1. The first-order valence-corrected chi connectivity index (χ1v) is 9.23. The molecule has 0 heterocycles. The molecule has 0 aromatic heterocycles. The first kappa shape index (κ1) is 18.4. The molecule has 2 N–H and O–H groups in total. The molecule has 0 radical (unpaired) electrons. The van der Waals surface area contributed by atoms with Gasteiger partial charge < -0.3 is 9.84 Å². The molecule has 0 spiro atoms. The van der Waals surface area contributed by atoms with Crippen molar-refractivity contribution >= 4 is 54.8 Å². The number of hydrogen-bond acceptors (Lipinski definition) is 4. The van der Waals surface area contributed by atoms with E-state index in [0.29, 0.717) is 11.3 Å². The summed E-state index contributed by atoms with van der Waals surface area (Å²) < 4.78 is 7.35. The van der Waals surface area contributed by atoms with Crippen LogP contribution in [0.25, 0.3) is 10.8 Å². The third-order valence-electron chi connectivity index (χ3n) is 3.57. The highest BCUT2D eigenvalue weighted by Gasteiger charge is 2.09. The van der Waals surface area contributed by atoms with Crippen molar-refractivity contribution in [1.82, 2.24) is 5.43 Å². The number of ether oxygens (including phenoxy) is 1. The average Bonchev–Trinajstić information content (AvgIpc) is 2.62. The van der Waals surface area contributed by atoms with Crippen LogP contribution < -0.4 is 10.2 Å². The average molecular weight is 478 g/mol. The molecule has 3 aromatic carbocycles. The fourth-order valence-electron chi connectivity index (χ4n) is 2.30. The summed E-state index contributed by atoms with van der Waals surface area (Å²) in [6.07, 6.45) is 1.37. The lowest BCUT2D eigenvalue weighted by Gasteiger charge is -2.10. The summed E-state index contributed by atoms with van der Waals surface area (Å²) in [4.78, 5) is 11.9. The summed E-state index contributed by atoms with van der Waals surface area (Å²) in [6, 6.07) is 16.3. The molecule has 5 nitrogen and oxygen atoms in total. The summed E-state index contributed by atoms with van der Waals surface area (Å²) in [5.41, 5.74) is 2.88. The number of phenolic OH excluding ortho intramolecular Hbond substituents is 1. The lowest BCUT2D eigenvalue weighted by atomic mass is 10.1. The number of nitrogens with one attached hydrogen (secondary N) is 1. The first-order chi connectivity index (χ1) is 12.5. The van der Waals surface area contributed by atoms with Gasteiger partial charge in [-0.3, -0.25) is 4.79 Å². The molecular weight excluding hydrogens is 464 g/mol. The van der Waals surface area contributed by atoms with Crippen LogP contribution in [0.5, 0.6) is 11.5 Å². The maximum Gasteiger partial charge on any atom is 0.277 e. The Labute approximate surface area is 166 Å². The van der Waals surface area contributed by atoms with Crippen LogP contribution in [-0.2, 0) is 4.79 Å². The van der Waals surface area contributed by atoms with E-state index in [-0.39, 0.29) is 12.4 Å². The van der Waals surface area contributed by atoms with Crippen molar-refractivity contribution in [2.24, 2.45) is 5.10 Å². The van der Waals surface area contributed by atoms with Gasteiger partial charge in [0.15, 0.2) is 6.61 Å². The van der Waals surface area contributed by atoms with Crippen molar-refractivity contribution < 1.29 is 14.6 Å². The van der Waals surface area contributed by atoms with Crippen LogP contribution >= 0.6 is 31.9 Å². The Balaban J connectivity index is 1.61. The number of benzene rings is 3. The van der Waals surface area contributed by atoms with Crippen molar-refractivity contribution in [3.63, 3.8) is 0 Å². The molecule has 3 aromatic rings. The van der Waals surface area contributed by atoms with Gasteiger partial charge in [-0.15, -0.1) is 0 Å². The van der Waals surface area contributed by atoms with E-state index in [0.717, 1.165) is 19.7 Å². The molecular formula is C19H14Br2N2O3.